The van der Waals surface area contributed by atoms with Crippen molar-refractivity contribution in [2.75, 3.05) is 24.5 Å². The van der Waals surface area contributed by atoms with Crippen molar-refractivity contribution in [2.24, 2.45) is 11.8 Å². The average molecular weight is 344 g/mol. The molecule has 0 bridgehead atoms. The summed E-state index contributed by atoms with van der Waals surface area (Å²) >= 11 is 1.64. The Balaban J connectivity index is 1.65. The van der Waals surface area contributed by atoms with E-state index in [-0.39, 0.29) is 6.04 Å². The summed E-state index contributed by atoms with van der Waals surface area (Å²) in [5, 5.41) is 3.17. The number of fused-ring (bicyclic) bond motifs is 1. The number of carbonyl (C=O) groups excluding carboxylic acids is 1. The minimum absolute atomic E-state index is 0.254. The summed E-state index contributed by atoms with van der Waals surface area (Å²) in [5.41, 5.74) is 0. The summed E-state index contributed by atoms with van der Waals surface area (Å²) in [6.45, 7) is 6.99. The molecule has 1 saturated carbocycles. The van der Waals surface area contributed by atoms with E-state index in [0.29, 0.717) is 18.2 Å². The second-order valence-electron chi connectivity index (χ2n) is 7.33. The number of carbonyl (C=O) groups is 1. The Hall–Kier alpha value is -1.69. The van der Waals surface area contributed by atoms with Crippen LogP contribution in [-0.4, -0.2) is 46.5 Å². The minimum atomic E-state index is 0.254. The Labute approximate surface area is 146 Å². The predicted octanol–water partition coefficient (Wildman–Crippen LogP) is 3.16. The summed E-state index contributed by atoms with van der Waals surface area (Å²) in [6, 6.07) is 2.35. The van der Waals surface area contributed by atoms with Crippen LogP contribution in [0.2, 0.25) is 0 Å². The molecular formula is C18H24N4OS. The van der Waals surface area contributed by atoms with Crippen molar-refractivity contribution >= 4 is 33.3 Å². The normalized spacial score (nSPS) is 22.5. The van der Waals surface area contributed by atoms with Gasteiger partial charge >= 0.3 is 0 Å². The quantitative estimate of drug-likeness (QED) is 0.855. The highest BCUT2D eigenvalue weighted by Crippen LogP contribution is 2.33. The fraction of sp³-hybridized carbons (Fsp3) is 0.611. The fourth-order valence-electron chi connectivity index (χ4n) is 3.58. The Morgan fingerprint density at radius 2 is 2.17 bits per heavy atom. The van der Waals surface area contributed by atoms with Crippen LogP contribution in [0.3, 0.4) is 0 Å². The van der Waals surface area contributed by atoms with Crippen LogP contribution in [0.25, 0.3) is 10.2 Å². The van der Waals surface area contributed by atoms with E-state index in [4.69, 9.17) is 0 Å². The largest absolute Gasteiger partial charge is 0.353 e. The maximum atomic E-state index is 12.8. The van der Waals surface area contributed by atoms with Crippen molar-refractivity contribution in [1.82, 2.24) is 14.9 Å². The molecular weight excluding hydrogens is 320 g/mol. The molecule has 2 aromatic rings. The molecule has 0 aromatic carbocycles. The van der Waals surface area contributed by atoms with Crippen LogP contribution in [0.4, 0.5) is 5.82 Å². The van der Waals surface area contributed by atoms with Gasteiger partial charge in [-0.25, -0.2) is 9.97 Å². The van der Waals surface area contributed by atoms with Crippen LogP contribution < -0.4 is 4.90 Å². The van der Waals surface area contributed by atoms with Crippen LogP contribution in [0.15, 0.2) is 17.8 Å². The third kappa shape index (κ3) is 2.99. The van der Waals surface area contributed by atoms with Gasteiger partial charge in [-0.2, -0.15) is 0 Å². The summed E-state index contributed by atoms with van der Waals surface area (Å²) in [5.74, 6) is 2.45. The molecule has 5 nitrogen and oxygen atoms in total. The van der Waals surface area contributed by atoms with Crippen LogP contribution in [-0.2, 0) is 4.79 Å². The van der Waals surface area contributed by atoms with Crippen molar-refractivity contribution in [3.63, 3.8) is 0 Å². The van der Waals surface area contributed by atoms with Gasteiger partial charge in [-0.15, -0.1) is 11.3 Å². The highest BCUT2D eigenvalue weighted by atomic mass is 32.1. The first-order chi connectivity index (χ1) is 11.6. The molecule has 0 N–H and O–H groups in total. The zero-order chi connectivity index (χ0) is 16.7. The number of amides is 1. The molecule has 1 aliphatic heterocycles. The van der Waals surface area contributed by atoms with Crippen LogP contribution in [0.1, 0.15) is 33.1 Å². The van der Waals surface area contributed by atoms with Crippen molar-refractivity contribution in [1.29, 1.82) is 0 Å². The van der Waals surface area contributed by atoms with Gasteiger partial charge in [-0.3, -0.25) is 4.79 Å². The lowest BCUT2D eigenvalue weighted by Crippen LogP contribution is -2.47. The van der Waals surface area contributed by atoms with Gasteiger partial charge in [0.1, 0.15) is 17.0 Å². The van der Waals surface area contributed by atoms with Crippen LogP contribution >= 0.6 is 11.3 Å². The highest BCUT2D eigenvalue weighted by molar-refractivity contribution is 7.16. The van der Waals surface area contributed by atoms with Crippen molar-refractivity contribution in [3.8, 4) is 0 Å². The highest BCUT2D eigenvalue weighted by Gasteiger charge is 2.36. The van der Waals surface area contributed by atoms with Crippen LogP contribution in [0.5, 0.6) is 0 Å². The molecule has 4 rings (SSSR count). The number of rotatable bonds is 4. The lowest BCUT2D eigenvalue weighted by atomic mass is 10.0. The van der Waals surface area contributed by atoms with Gasteiger partial charge in [0.2, 0.25) is 5.91 Å². The lowest BCUT2D eigenvalue weighted by molar-refractivity contribution is -0.133. The van der Waals surface area contributed by atoms with Crippen LogP contribution in [0, 0.1) is 11.8 Å². The zero-order valence-electron chi connectivity index (χ0n) is 14.3. The van der Waals surface area contributed by atoms with Gasteiger partial charge in [0, 0.05) is 26.1 Å². The molecule has 0 radical (unpaired) electrons. The first-order valence-corrected chi connectivity index (χ1v) is 9.74. The van der Waals surface area contributed by atoms with E-state index in [9.17, 15) is 4.79 Å². The second-order valence-corrected chi connectivity index (χ2v) is 8.23. The lowest BCUT2D eigenvalue weighted by Gasteiger charge is -2.35. The van der Waals surface area contributed by atoms with Crippen molar-refractivity contribution < 1.29 is 4.79 Å². The smallest absolute Gasteiger partial charge is 0.224 e. The molecule has 3 heterocycles. The molecule has 24 heavy (non-hydrogen) atoms. The SMILES string of the molecule is CC(C)[C@@H]1CN(c2ncnc3sccc23)CCC(=O)N1CC1CC1. The van der Waals surface area contributed by atoms with E-state index in [1.165, 1.54) is 12.8 Å². The number of thiophene rings is 1. The van der Waals surface area contributed by atoms with E-state index >= 15 is 0 Å². The van der Waals surface area contributed by atoms with Crippen molar-refractivity contribution in [2.45, 2.75) is 39.2 Å². The number of nitrogens with zero attached hydrogens (tertiary/aromatic N) is 4. The maximum absolute atomic E-state index is 12.8. The predicted molar refractivity (Wildman–Crippen MR) is 97.3 cm³/mol. The second kappa shape index (κ2) is 6.31. The molecule has 2 fully saturated rings. The van der Waals surface area contributed by atoms with E-state index < -0.39 is 0 Å². The number of anilines is 1. The fourth-order valence-corrected chi connectivity index (χ4v) is 4.31. The molecule has 2 aliphatic rings. The molecule has 128 valence electrons. The van der Waals surface area contributed by atoms with Gasteiger partial charge in [0.25, 0.3) is 0 Å². The van der Waals surface area contributed by atoms with E-state index in [1.807, 2.05) is 0 Å². The first kappa shape index (κ1) is 15.8. The van der Waals surface area contributed by atoms with E-state index in [1.54, 1.807) is 17.7 Å². The van der Waals surface area contributed by atoms with Gasteiger partial charge < -0.3 is 9.80 Å². The number of aromatic nitrogens is 2. The summed E-state index contributed by atoms with van der Waals surface area (Å²) in [7, 11) is 0. The Morgan fingerprint density at radius 3 is 2.92 bits per heavy atom. The molecule has 1 saturated heterocycles. The monoisotopic (exact) mass is 344 g/mol. The average Bonchev–Trinajstić information content (AvgIpc) is 3.28. The summed E-state index contributed by atoms with van der Waals surface area (Å²) in [4.78, 5) is 27.1. The van der Waals surface area contributed by atoms with E-state index in [2.05, 4.69) is 45.1 Å². The molecule has 0 unspecified atom stereocenters. The van der Waals surface area contributed by atoms with Gasteiger partial charge in [0.15, 0.2) is 0 Å². The molecule has 0 spiro atoms. The first-order valence-electron chi connectivity index (χ1n) is 8.86. The summed E-state index contributed by atoms with van der Waals surface area (Å²) < 4.78 is 0. The number of hydrogen-bond acceptors (Lipinski definition) is 5. The molecule has 2 aromatic heterocycles. The molecule has 1 atom stereocenters. The van der Waals surface area contributed by atoms with Gasteiger partial charge in [-0.1, -0.05) is 13.8 Å². The third-order valence-electron chi connectivity index (χ3n) is 5.19. The summed E-state index contributed by atoms with van der Waals surface area (Å²) in [6.07, 6.45) is 4.78. The maximum Gasteiger partial charge on any atom is 0.224 e. The minimum Gasteiger partial charge on any atom is -0.353 e. The Bertz CT molecular complexity index is 739. The van der Waals surface area contributed by atoms with Gasteiger partial charge in [0.05, 0.1) is 11.4 Å². The third-order valence-corrected chi connectivity index (χ3v) is 6.01. The number of hydrogen-bond donors (Lipinski definition) is 0. The molecule has 6 heteroatoms. The van der Waals surface area contributed by atoms with Crippen molar-refractivity contribution in [3.05, 3.63) is 17.8 Å². The van der Waals surface area contributed by atoms with Gasteiger partial charge in [-0.05, 0) is 36.1 Å². The topological polar surface area (TPSA) is 49.3 Å². The zero-order valence-corrected chi connectivity index (χ0v) is 15.1. The molecule has 1 amide bonds. The standard InChI is InChI=1S/C18H24N4OS/c1-12(2)15-10-21(7-5-16(23)22(15)9-13-3-4-13)17-14-6-8-24-18(14)20-11-19-17/h6,8,11-13,15H,3-5,7,9-10H2,1-2H3/t15-/m0/s1. The van der Waals surface area contributed by atoms with E-state index in [0.717, 1.165) is 41.6 Å². The molecule has 1 aliphatic carbocycles. The Morgan fingerprint density at radius 1 is 1.33 bits per heavy atom. The Kier molecular flexibility index (Phi) is 4.16.